The summed E-state index contributed by atoms with van der Waals surface area (Å²) in [5.74, 6) is 0. The lowest BCUT2D eigenvalue weighted by molar-refractivity contribution is -0.384. The van der Waals surface area contributed by atoms with E-state index in [2.05, 4.69) is 5.32 Å². The first-order valence-corrected chi connectivity index (χ1v) is 7.70. The Hall–Kier alpha value is -1.62. The molecule has 1 aromatic carbocycles. The Morgan fingerprint density at radius 1 is 1.48 bits per heavy atom. The molecule has 1 aromatic rings. The van der Waals surface area contributed by atoms with Crippen LogP contribution in [0.5, 0.6) is 0 Å². The number of rotatable bonds is 5. The van der Waals surface area contributed by atoms with Gasteiger partial charge in [-0.15, -0.1) is 0 Å². The highest BCUT2D eigenvalue weighted by Gasteiger charge is 2.59. The van der Waals surface area contributed by atoms with E-state index < -0.39 is 0 Å². The monoisotopic (exact) mass is 290 g/mol. The van der Waals surface area contributed by atoms with Crippen LogP contribution < -0.4 is 5.32 Å². The molecule has 0 amide bonds. The zero-order valence-electron chi connectivity index (χ0n) is 12.6. The first-order chi connectivity index (χ1) is 10.1. The SMILES string of the molecule is CCOC1CC(Nc2ccc(C)cc2[N+](=O)[O-])C12CCC2. The largest absolute Gasteiger partial charge is 0.378 e. The third kappa shape index (κ3) is 2.29. The van der Waals surface area contributed by atoms with Gasteiger partial charge in [-0.3, -0.25) is 10.1 Å². The molecule has 21 heavy (non-hydrogen) atoms. The normalized spacial score (nSPS) is 26.0. The second-order valence-electron chi connectivity index (χ2n) is 6.24. The van der Waals surface area contributed by atoms with Crippen molar-refractivity contribution in [2.75, 3.05) is 11.9 Å². The van der Waals surface area contributed by atoms with E-state index in [1.165, 1.54) is 6.42 Å². The standard InChI is InChI=1S/C16H22N2O3/c1-3-21-15-10-14(16(15)7-4-8-16)17-12-6-5-11(2)9-13(12)18(19)20/h5-6,9,14-15,17H,3-4,7-8,10H2,1-2H3. The van der Waals surface area contributed by atoms with Gasteiger partial charge in [-0.05, 0) is 44.7 Å². The molecular formula is C16H22N2O3. The molecule has 0 radical (unpaired) electrons. The molecule has 5 heteroatoms. The van der Waals surface area contributed by atoms with E-state index in [1.54, 1.807) is 6.07 Å². The minimum Gasteiger partial charge on any atom is -0.378 e. The van der Waals surface area contributed by atoms with Crippen LogP contribution in [0.15, 0.2) is 18.2 Å². The lowest BCUT2D eigenvalue weighted by Gasteiger charge is -2.61. The summed E-state index contributed by atoms with van der Waals surface area (Å²) < 4.78 is 5.83. The molecule has 3 rings (SSSR count). The minimum absolute atomic E-state index is 0.171. The van der Waals surface area contributed by atoms with Gasteiger partial charge in [0.05, 0.1) is 11.0 Å². The smallest absolute Gasteiger partial charge is 0.292 e. The van der Waals surface area contributed by atoms with Crippen molar-refractivity contribution in [3.63, 3.8) is 0 Å². The lowest BCUT2D eigenvalue weighted by Crippen LogP contribution is -2.64. The number of aryl methyl sites for hydroxylation is 1. The Bertz CT molecular complexity index is 554. The fourth-order valence-corrected chi connectivity index (χ4v) is 3.74. The van der Waals surface area contributed by atoms with Crippen LogP contribution in [0.4, 0.5) is 11.4 Å². The number of nitro groups is 1. The second kappa shape index (κ2) is 5.30. The summed E-state index contributed by atoms with van der Waals surface area (Å²) >= 11 is 0. The summed E-state index contributed by atoms with van der Waals surface area (Å²) in [6.07, 6.45) is 4.82. The van der Waals surface area contributed by atoms with Crippen LogP contribution in [-0.4, -0.2) is 23.7 Å². The molecule has 2 saturated carbocycles. The molecule has 0 aromatic heterocycles. The van der Waals surface area contributed by atoms with Crippen molar-refractivity contribution >= 4 is 11.4 Å². The van der Waals surface area contributed by atoms with Crippen molar-refractivity contribution in [2.45, 2.75) is 51.7 Å². The molecule has 0 aliphatic heterocycles. The van der Waals surface area contributed by atoms with Crippen LogP contribution in [-0.2, 0) is 4.74 Å². The van der Waals surface area contributed by atoms with E-state index in [0.717, 1.165) is 31.4 Å². The second-order valence-corrected chi connectivity index (χ2v) is 6.24. The summed E-state index contributed by atoms with van der Waals surface area (Å²) in [5, 5.41) is 14.6. The maximum Gasteiger partial charge on any atom is 0.292 e. The van der Waals surface area contributed by atoms with Gasteiger partial charge in [-0.2, -0.15) is 0 Å². The average Bonchev–Trinajstić information content (AvgIpc) is 2.36. The van der Waals surface area contributed by atoms with Crippen molar-refractivity contribution in [1.29, 1.82) is 0 Å². The number of nitrogens with one attached hydrogen (secondary N) is 1. The van der Waals surface area contributed by atoms with E-state index in [0.29, 0.717) is 17.8 Å². The Morgan fingerprint density at radius 2 is 2.24 bits per heavy atom. The highest BCUT2D eigenvalue weighted by Crippen LogP contribution is 2.58. The Morgan fingerprint density at radius 3 is 2.81 bits per heavy atom. The first kappa shape index (κ1) is 14.3. The van der Waals surface area contributed by atoms with Gasteiger partial charge < -0.3 is 10.1 Å². The molecule has 2 aliphatic rings. The number of nitrogens with zero attached hydrogens (tertiary/aromatic N) is 1. The minimum atomic E-state index is -0.304. The van der Waals surface area contributed by atoms with Gasteiger partial charge in [0.15, 0.2) is 0 Å². The van der Waals surface area contributed by atoms with Crippen LogP contribution in [0.25, 0.3) is 0 Å². The van der Waals surface area contributed by atoms with Gasteiger partial charge in [0.25, 0.3) is 5.69 Å². The summed E-state index contributed by atoms with van der Waals surface area (Å²) in [6, 6.07) is 5.67. The van der Waals surface area contributed by atoms with E-state index in [1.807, 2.05) is 26.0 Å². The van der Waals surface area contributed by atoms with Gasteiger partial charge in [-0.1, -0.05) is 12.5 Å². The van der Waals surface area contributed by atoms with E-state index in [4.69, 9.17) is 4.74 Å². The zero-order chi connectivity index (χ0) is 15.0. The van der Waals surface area contributed by atoms with Crippen molar-refractivity contribution in [3.8, 4) is 0 Å². The third-order valence-electron chi connectivity index (χ3n) is 5.12. The zero-order valence-corrected chi connectivity index (χ0v) is 12.6. The van der Waals surface area contributed by atoms with Crippen LogP contribution in [0.1, 0.15) is 38.2 Å². The Balaban J connectivity index is 1.77. The number of hydrogen-bond donors (Lipinski definition) is 1. The summed E-state index contributed by atoms with van der Waals surface area (Å²) in [7, 11) is 0. The highest BCUT2D eigenvalue weighted by atomic mass is 16.6. The molecule has 2 atom stereocenters. The van der Waals surface area contributed by atoms with Crippen LogP contribution in [0, 0.1) is 22.5 Å². The Labute approximate surface area is 124 Å². The molecule has 1 spiro atoms. The van der Waals surface area contributed by atoms with E-state index >= 15 is 0 Å². The van der Waals surface area contributed by atoms with Crippen LogP contribution in [0.3, 0.4) is 0 Å². The van der Waals surface area contributed by atoms with Crippen LogP contribution >= 0.6 is 0 Å². The number of anilines is 1. The van der Waals surface area contributed by atoms with Gasteiger partial charge in [0.2, 0.25) is 0 Å². The summed E-state index contributed by atoms with van der Waals surface area (Å²) in [5.41, 5.74) is 1.92. The van der Waals surface area contributed by atoms with E-state index in [9.17, 15) is 10.1 Å². The van der Waals surface area contributed by atoms with Crippen LogP contribution in [0.2, 0.25) is 0 Å². The fourth-order valence-electron chi connectivity index (χ4n) is 3.74. The molecular weight excluding hydrogens is 268 g/mol. The molecule has 5 nitrogen and oxygen atoms in total. The lowest BCUT2D eigenvalue weighted by atomic mass is 9.51. The topological polar surface area (TPSA) is 64.4 Å². The van der Waals surface area contributed by atoms with Gasteiger partial charge in [0, 0.05) is 24.1 Å². The van der Waals surface area contributed by atoms with Crippen molar-refractivity contribution in [3.05, 3.63) is 33.9 Å². The summed E-state index contributed by atoms with van der Waals surface area (Å²) in [4.78, 5) is 10.9. The van der Waals surface area contributed by atoms with Gasteiger partial charge >= 0.3 is 0 Å². The number of nitro benzene ring substituents is 1. The predicted molar refractivity (Wildman–Crippen MR) is 81.6 cm³/mol. The third-order valence-corrected chi connectivity index (χ3v) is 5.12. The molecule has 2 aliphatic carbocycles. The predicted octanol–water partition coefficient (Wildman–Crippen LogP) is 3.66. The highest BCUT2D eigenvalue weighted by molar-refractivity contribution is 5.63. The first-order valence-electron chi connectivity index (χ1n) is 7.70. The molecule has 2 fully saturated rings. The molecule has 1 N–H and O–H groups in total. The molecule has 2 unspecified atom stereocenters. The van der Waals surface area contributed by atoms with Gasteiger partial charge in [-0.25, -0.2) is 0 Å². The fraction of sp³-hybridized carbons (Fsp3) is 0.625. The van der Waals surface area contributed by atoms with Crippen molar-refractivity contribution < 1.29 is 9.66 Å². The van der Waals surface area contributed by atoms with Crippen molar-refractivity contribution in [2.24, 2.45) is 5.41 Å². The number of benzene rings is 1. The molecule has 0 bridgehead atoms. The molecule has 0 heterocycles. The maximum absolute atomic E-state index is 11.2. The van der Waals surface area contributed by atoms with E-state index in [-0.39, 0.29) is 16.0 Å². The average molecular weight is 290 g/mol. The molecule has 0 saturated heterocycles. The van der Waals surface area contributed by atoms with Gasteiger partial charge in [0.1, 0.15) is 5.69 Å². The molecule has 114 valence electrons. The maximum atomic E-state index is 11.2. The quantitative estimate of drug-likeness (QED) is 0.664. The number of ether oxygens (including phenoxy) is 1. The Kier molecular flexibility index (Phi) is 3.61. The number of hydrogen-bond acceptors (Lipinski definition) is 4. The van der Waals surface area contributed by atoms with Crippen molar-refractivity contribution in [1.82, 2.24) is 0 Å². The summed E-state index contributed by atoms with van der Waals surface area (Å²) in [6.45, 7) is 4.64.